The molecule has 0 unspecified atom stereocenters. The monoisotopic (exact) mass is 268 g/mol. The van der Waals surface area contributed by atoms with E-state index in [1.807, 2.05) is 25.6 Å². The molecule has 18 heavy (non-hydrogen) atoms. The van der Waals surface area contributed by atoms with Crippen LogP contribution in [0.4, 0.5) is 0 Å². The molecule has 0 saturated heterocycles. The lowest BCUT2D eigenvalue weighted by Crippen LogP contribution is -2.18. The fourth-order valence-electron chi connectivity index (χ4n) is 1.71. The highest BCUT2D eigenvalue weighted by molar-refractivity contribution is 7.99. The van der Waals surface area contributed by atoms with E-state index < -0.39 is 0 Å². The average Bonchev–Trinajstić information content (AvgIpc) is 2.34. The van der Waals surface area contributed by atoms with Crippen LogP contribution in [0.3, 0.4) is 0 Å². The van der Waals surface area contributed by atoms with Gasteiger partial charge in [-0.3, -0.25) is 0 Å². The Morgan fingerprint density at radius 2 is 1.78 bits per heavy atom. The Balaban J connectivity index is 2.41. The lowest BCUT2D eigenvalue weighted by atomic mass is 10.2. The van der Waals surface area contributed by atoms with Crippen molar-refractivity contribution in [3.63, 3.8) is 0 Å². The summed E-state index contributed by atoms with van der Waals surface area (Å²) in [6.07, 6.45) is 0.873. The predicted octanol–water partition coefficient (Wildman–Crippen LogP) is 4.18. The Hall–Kier alpha value is -0.510. The maximum Gasteiger partial charge on any atom is 0.158 e. The highest BCUT2D eigenvalue weighted by Gasteiger charge is 2.08. The van der Waals surface area contributed by atoms with Gasteiger partial charge < -0.3 is 9.47 Å². The Morgan fingerprint density at radius 1 is 1.11 bits per heavy atom. The number of benzene rings is 1. The molecule has 102 valence electrons. The van der Waals surface area contributed by atoms with E-state index >= 15 is 0 Å². The quantitative estimate of drug-likeness (QED) is 0.520. The molecule has 0 aliphatic carbocycles. The van der Waals surface area contributed by atoms with Crippen LogP contribution in [0.25, 0.3) is 0 Å². The fraction of sp³-hybridized carbons (Fsp3) is 0.600. The third-order valence-corrected chi connectivity index (χ3v) is 3.85. The van der Waals surface area contributed by atoms with Crippen LogP contribution in [0.1, 0.15) is 31.4 Å². The van der Waals surface area contributed by atoms with E-state index in [4.69, 9.17) is 9.47 Å². The number of ether oxygens (including phenoxy) is 2. The van der Waals surface area contributed by atoms with Crippen molar-refractivity contribution >= 4 is 11.8 Å². The van der Waals surface area contributed by atoms with Gasteiger partial charge >= 0.3 is 0 Å². The molecule has 0 bridgehead atoms. The highest BCUT2D eigenvalue weighted by atomic mass is 32.2. The molecule has 1 aromatic carbocycles. The minimum Gasteiger partial charge on any atom is -0.353 e. The Kier molecular flexibility index (Phi) is 7.40. The van der Waals surface area contributed by atoms with Gasteiger partial charge in [0.1, 0.15) is 0 Å². The molecule has 2 nitrogen and oxygen atoms in total. The molecule has 1 rings (SSSR count). The van der Waals surface area contributed by atoms with Gasteiger partial charge in [-0.15, -0.1) is 11.8 Å². The molecule has 0 spiro atoms. The van der Waals surface area contributed by atoms with E-state index in [9.17, 15) is 0 Å². The van der Waals surface area contributed by atoms with Crippen LogP contribution in [0.2, 0.25) is 0 Å². The molecule has 0 radical (unpaired) electrons. The first-order valence-electron chi connectivity index (χ1n) is 6.60. The molecule has 3 heteroatoms. The number of hydrogen-bond donors (Lipinski definition) is 0. The van der Waals surface area contributed by atoms with Crippen LogP contribution in [-0.4, -0.2) is 25.3 Å². The lowest BCUT2D eigenvalue weighted by molar-refractivity contribution is -0.136. The van der Waals surface area contributed by atoms with Crippen LogP contribution in [0.5, 0.6) is 0 Å². The number of rotatable bonds is 8. The van der Waals surface area contributed by atoms with Gasteiger partial charge in [0, 0.05) is 30.3 Å². The first kappa shape index (κ1) is 15.5. The summed E-state index contributed by atoms with van der Waals surface area (Å²) in [6.45, 7) is 9.71. The number of hydrogen-bond acceptors (Lipinski definition) is 3. The molecular weight excluding hydrogens is 244 g/mol. The van der Waals surface area contributed by atoms with Gasteiger partial charge in [-0.25, -0.2) is 0 Å². The maximum atomic E-state index is 5.54. The summed E-state index contributed by atoms with van der Waals surface area (Å²) in [7, 11) is 0. The summed E-state index contributed by atoms with van der Waals surface area (Å²) in [5, 5.41) is 0. The zero-order chi connectivity index (χ0) is 13.4. The summed E-state index contributed by atoms with van der Waals surface area (Å²) in [5.41, 5.74) is 2.66. The van der Waals surface area contributed by atoms with E-state index in [0.29, 0.717) is 13.2 Å². The van der Waals surface area contributed by atoms with Crippen LogP contribution >= 0.6 is 11.8 Å². The summed E-state index contributed by atoms with van der Waals surface area (Å²) in [6, 6.07) is 6.58. The van der Waals surface area contributed by atoms with Crippen molar-refractivity contribution in [1.29, 1.82) is 0 Å². The Bertz CT molecular complexity index is 346. The Morgan fingerprint density at radius 3 is 2.39 bits per heavy atom. The van der Waals surface area contributed by atoms with Gasteiger partial charge in [0.25, 0.3) is 0 Å². The van der Waals surface area contributed by atoms with Gasteiger partial charge in [-0.1, -0.05) is 17.7 Å². The van der Waals surface area contributed by atoms with Gasteiger partial charge in [0.2, 0.25) is 0 Å². The van der Waals surface area contributed by atoms with Crippen molar-refractivity contribution in [3.8, 4) is 0 Å². The molecule has 0 aromatic heterocycles. The topological polar surface area (TPSA) is 18.5 Å². The number of aryl methyl sites for hydroxylation is 2. The standard InChI is InChI=1S/C15H24O2S/c1-5-16-15(17-6-2)9-10-18-14-11-12(3)7-8-13(14)4/h7-8,11,15H,5-6,9-10H2,1-4H3. The molecular formula is C15H24O2S. The van der Waals surface area contributed by atoms with Gasteiger partial charge in [0.15, 0.2) is 6.29 Å². The van der Waals surface area contributed by atoms with Crippen LogP contribution in [0.15, 0.2) is 23.1 Å². The lowest BCUT2D eigenvalue weighted by Gasteiger charge is -2.16. The molecule has 0 aliphatic heterocycles. The van der Waals surface area contributed by atoms with E-state index in [0.717, 1.165) is 12.2 Å². The first-order chi connectivity index (χ1) is 8.67. The van der Waals surface area contributed by atoms with Crippen molar-refractivity contribution in [2.24, 2.45) is 0 Å². The molecule has 0 atom stereocenters. The van der Waals surface area contributed by atoms with E-state index in [1.54, 1.807) is 0 Å². The molecule has 0 fully saturated rings. The van der Waals surface area contributed by atoms with E-state index in [2.05, 4.69) is 32.0 Å². The van der Waals surface area contributed by atoms with Gasteiger partial charge in [-0.05, 0) is 39.3 Å². The van der Waals surface area contributed by atoms with Gasteiger partial charge in [0.05, 0.1) is 0 Å². The summed E-state index contributed by atoms with van der Waals surface area (Å²) < 4.78 is 11.1. The first-order valence-corrected chi connectivity index (χ1v) is 7.59. The van der Waals surface area contributed by atoms with Crippen LogP contribution in [-0.2, 0) is 9.47 Å². The second-order valence-corrected chi connectivity index (χ2v) is 5.38. The third kappa shape index (κ3) is 5.42. The summed E-state index contributed by atoms with van der Waals surface area (Å²) >= 11 is 1.88. The smallest absolute Gasteiger partial charge is 0.158 e. The normalized spacial score (nSPS) is 11.2. The summed E-state index contributed by atoms with van der Waals surface area (Å²) in [4.78, 5) is 1.36. The third-order valence-electron chi connectivity index (χ3n) is 2.66. The largest absolute Gasteiger partial charge is 0.353 e. The van der Waals surface area contributed by atoms with Crippen molar-refractivity contribution in [2.45, 2.75) is 45.3 Å². The molecule has 0 aliphatic rings. The summed E-state index contributed by atoms with van der Waals surface area (Å²) in [5.74, 6) is 1.02. The maximum absolute atomic E-state index is 5.54. The van der Waals surface area contributed by atoms with Crippen LogP contribution < -0.4 is 0 Å². The molecule has 1 aromatic rings. The van der Waals surface area contributed by atoms with Crippen molar-refractivity contribution in [3.05, 3.63) is 29.3 Å². The Labute approximate surface area is 115 Å². The van der Waals surface area contributed by atoms with Crippen molar-refractivity contribution in [1.82, 2.24) is 0 Å². The molecule has 0 saturated carbocycles. The van der Waals surface area contributed by atoms with Crippen molar-refractivity contribution in [2.75, 3.05) is 19.0 Å². The second kappa shape index (κ2) is 8.57. The van der Waals surface area contributed by atoms with E-state index in [1.165, 1.54) is 16.0 Å². The SMILES string of the molecule is CCOC(CCSc1cc(C)ccc1C)OCC. The molecule has 0 heterocycles. The minimum absolute atomic E-state index is 0.0578. The highest BCUT2D eigenvalue weighted by Crippen LogP contribution is 2.24. The van der Waals surface area contributed by atoms with Crippen LogP contribution in [0, 0.1) is 13.8 Å². The zero-order valence-electron chi connectivity index (χ0n) is 11.9. The molecule has 0 N–H and O–H groups in total. The van der Waals surface area contributed by atoms with Gasteiger partial charge in [-0.2, -0.15) is 0 Å². The second-order valence-electron chi connectivity index (χ2n) is 4.25. The predicted molar refractivity (Wildman–Crippen MR) is 78.3 cm³/mol. The number of thioether (sulfide) groups is 1. The van der Waals surface area contributed by atoms with E-state index in [-0.39, 0.29) is 6.29 Å². The average molecular weight is 268 g/mol. The zero-order valence-corrected chi connectivity index (χ0v) is 12.7. The fourth-order valence-corrected chi connectivity index (χ4v) is 2.81. The van der Waals surface area contributed by atoms with Crippen molar-refractivity contribution < 1.29 is 9.47 Å². The minimum atomic E-state index is -0.0578. The molecule has 0 amide bonds.